The van der Waals surface area contributed by atoms with E-state index in [4.69, 9.17) is 4.42 Å². The second-order valence-corrected chi connectivity index (χ2v) is 6.25. The van der Waals surface area contributed by atoms with Crippen LogP contribution in [0.5, 0.6) is 0 Å². The minimum Gasteiger partial charge on any atom is -0.459 e. The number of nitrogens with one attached hydrogen (secondary N) is 2. The van der Waals surface area contributed by atoms with Crippen LogP contribution < -0.4 is 10.6 Å². The summed E-state index contributed by atoms with van der Waals surface area (Å²) in [6, 6.07) is 10.1. The van der Waals surface area contributed by atoms with Crippen LogP contribution in [0.1, 0.15) is 35.7 Å². The zero-order valence-corrected chi connectivity index (χ0v) is 18.2. The predicted molar refractivity (Wildman–Crippen MR) is 116 cm³/mol. The second kappa shape index (κ2) is 8.57. The molecule has 0 spiro atoms. The minimum absolute atomic E-state index is 0. The van der Waals surface area contributed by atoms with Crippen LogP contribution in [0, 0.1) is 13.8 Å². The predicted octanol–water partition coefficient (Wildman–Crippen LogP) is 3.83. The molecule has 3 aromatic rings. The molecule has 0 bridgehead atoms. The number of hydrogen-bond donors (Lipinski definition) is 2. The Kier molecular flexibility index (Phi) is 6.69. The zero-order valence-electron chi connectivity index (χ0n) is 15.8. The van der Waals surface area contributed by atoms with Gasteiger partial charge in [-0.15, -0.1) is 24.0 Å². The third-order valence-electron chi connectivity index (χ3n) is 4.54. The number of para-hydroxylation sites is 1. The topological polar surface area (TPSA) is 67.4 Å². The molecule has 140 valence electrons. The van der Waals surface area contributed by atoms with Gasteiger partial charge in [0.15, 0.2) is 5.96 Å². The minimum atomic E-state index is 0. The third-order valence-corrected chi connectivity index (χ3v) is 4.54. The Bertz CT molecular complexity index is 879. The van der Waals surface area contributed by atoms with Crippen LogP contribution in [-0.2, 0) is 13.6 Å². The maximum Gasteiger partial charge on any atom is 0.191 e. The van der Waals surface area contributed by atoms with Gasteiger partial charge in [-0.1, -0.05) is 18.2 Å². The van der Waals surface area contributed by atoms with E-state index in [-0.39, 0.29) is 30.0 Å². The molecule has 0 saturated carbocycles. The Labute approximate surface area is 171 Å². The van der Waals surface area contributed by atoms with E-state index in [0.29, 0.717) is 6.54 Å². The largest absolute Gasteiger partial charge is 0.459 e. The summed E-state index contributed by atoms with van der Waals surface area (Å²) in [6.07, 6.45) is 0. The van der Waals surface area contributed by atoms with Crippen molar-refractivity contribution in [3.63, 3.8) is 0 Å². The fraction of sp³-hybridized carbons (Fsp3) is 0.368. The van der Waals surface area contributed by atoms with Crippen molar-refractivity contribution in [2.45, 2.75) is 33.4 Å². The molecule has 0 aliphatic heterocycles. The highest BCUT2D eigenvalue weighted by Crippen LogP contribution is 2.23. The molecule has 0 aliphatic carbocycles. The summed E-state index contributed by atoms with van der Waals surface area (Å²) in [4.78, 5) is 4.31. The molecule has 1 aromatic carbocycles. The first-order valence-corrected chi connectivity index (χ1v) is 8.44. The first-order chi connectivity index (χ1) is 12.0. The summed E-state index contributed by atoms with van der Waals surface area (Å²) in [5.41, 5.74) is 4.29. The van der Waals surface area contributed by atoms with Gasteiger partial charge >= 0.3 is 0 Å². The number of hydrogen-bond acceptors (Lipinski definition) is 3. The van der Waals surface area contributed by atoms with Gasteiger partial charge < -0.3 is 15.1 Å². The third kappa shape index (κ3) is 4.20. The van der Waals surface area contributed by atoms with Gasteiger partial charge in [0.2, 0.25) is 0 Å². The first-order valence-electron chi connectivity index (χ1n) is 8.44. The highest BCUT2D eigenvalue weighted by Gasteiger charge is 2.14. The van der Waals surface area contributed by atoms with E-state index in [1.807, 2.05) is 36.9 Å². The molecule has 26 heavy (non-hydrogen) atoms. The van der Waals surface area contributed by atoms with Crippen LogP contribution in [0.25, 0.3) is 11.0 Å². The molecule has 6 nitrogen and oxygen atoms in total. The van der Waals surface area contributed by atoms with Crippen LogP contribution in [0.4, 0.5) is 0 Å². The van der Waals surface area contributed by atoms with Crippen molar-refractivity contribution in [3.05, 3.63) is 53.0 Å². The Morgan fingerprint density at radius 2 is 2.04 bits per heavy atom. The van der Waals surface area contributed by atoms with Crippen LogP contribution in [0.2, 0.25) is 0 Å². The number of fused-ring (bicyclic) bond motifs is 1. The molecule has 2 aromatic heterocycles. The van der Waals surface area contributed by atoms with Crippen molar-refractivity contribution in [2.24, 2.45) is 12.0 Å². The smallest absolute Gasteiger partial charge is 0.191 e. The maximum absolute atomic E-state index is 5.92. The van der Waals surface area contributed by atoms with Crippen LogP contribution in [-0.4, -0.2) is 22.8 Å². The molecule has 1 atom stereocenters. The quantitative estimate of drug-likeness (QED) is 0.348. The van der Waals surface area contributed by atoms with Crippen molar-refractivity contribution in [1.82, 2.24) is 20.4 Å². The Hall–Kier alpha value is -2.03. The van der Waals surface area contributed by atoms with Gasteiger partial charge in [0.1, 0.15) is 11.3 Å². The summed E-state index contributed by atoms with van der Waals surface area (Å²) in [7, 11) is 3.73. The summed E-state index contributed by atoms with van der Waals surface area (Å²) >= 11 is 0. The van der Waals surface area contributed by atoms with Gasteiger partial charge in [0, 0.05) is 37.3 Å². The number of guanidine groups is 1. The van der Waals surface area contributed by atoms with Crippen LogP contribution in [0.3, 0.4) is 0 Å². The number of furan rings is 1. The molecular weight excluding hydrogens is 441 g/mol. The molecule has 0 amide bonds. The van der Waals surface area contributed by atoms with Gasteiger partial charge in [-0.25, -0.2) is 0 Å². The molecule has 2 N–H and O–H groups in total. The van der Waals surface area contributed by atoms with Gasteiger partial charge in [-0.05, 0) is 32.9 Å². The van der Waals surface area contributed by atoms with Gasteiger partial charge in [0.05, 0.1) is 11.7 Å². The lowest BCUT2D eigenvalue weighted by atomic mass is 10.2. The number of aryl methyl sites for hydroxylation is 2. The zero-order chi connectivity index (χ0) is 18.0. The van der Waals surface area contributed by atoms with Gasteiger partial charge in [-0.2, -0.15) is 5.10 Å². The van der Waals surface area contributed by atoms with E-state index in [2.05, 4.69) is 46.7 Å². The van der Waals surface area contributed by atoms with Crippen molar-refractivity contribution in [1.29, 1.82) is 0 Å². The van der Waals surface area contributed by atoms with E-state index < -0.39 is 0 Å². The molecule has 3 rings (SSSR count). The molecule has 0 radical (unpaired) electrons. The van der Waals surface area contributed by atoms with Crippen molar-refractivity contribution >= 4 is 40.9 Å². The Morgan fingerprint density at radius 1 is 1.31 bits per heavy atom. The van der Waals surface area contributed by atoms with E-state index in [1.165, 1.54) is 5.56 Å². The highest BCUT2D eigenvalue weighted by molar-refractivity contribution is 14.0. The second-order valence-electron chi connectivity index (χ2n) is 6.25. The Balaban J connectivity index is 0.00000243. The van der Waals surface area contributed by atoms with E-state index in [0.717, 1.165) is 34.1 Å². The highest BCUT2D eigenvalue weighted by atomic mass is 127. The number of aliphatic imine (C=N–C) groups is 1. The van der Waals surface area contributed by atoms with Gasteiger partial charge in [0.25, 0.3) is 0 Å². The number of nitrogens with zero attached hydrogens (tertiary/aromatic N) is 3. The van der Waals surface area contributed by atoms with Crippen LogP contribution in [0.15, 0.2) is 39.7 Å². The lowest BCUT2D eigenvalue weighted by Gasteiger charge is -2.16. The maximum atomic E-state index is 5.92. The summed E-state index contributed by atoms with van der Waals surface area (Å²) < 4.78 is 7.82. The average molecular weight is 467 g/mol. The molecule has 2 heterocycles. The lowest BCUT2D eigenvalue weighted by Crippen LogP contribution is -2.38. The van der Waals surface area contributed by atoms with Crippen LogP contribution >= 0.6 is 24.0 Å². The fourth-order valence-corrected chi connectivity index (χ4v) is 2.93. The summed E-state index contributed by atoms with van der Waals surface area (Å²) in [5, 5.41) is 12.3. The molecule has 1 unspecified atom stereocenters. The van der Waals surface area contributed by atoms with Gasteiger partial charge in [-0.3, -0.25) is 9.67 Å². The van der Waals surface area contributed by atoms with E-state index >= 15 is 0 Å². The molecule has 7 heteroatoms. The fourth-order valence-electron chi connectivity index (χ4n) is 2.93. The standard InChI is InChI=1S/C19H25N5O.HI/c1-12-16(14(3)24(5)23-12)11-21-19(20-4)22-13(2)18-10-15-8-6-7-9-17(15)25-18;/h6-10,13H,11H2,1-5H3,(H2,20,21,22);1H. The number of halogens is 1. The summed E-state index contributed by atoms with van der Waals surface area (Å²) in [5.74, 6) is 1.62. The van der Waals surface area contributed by atoms with Crippen molar-refractivity contribution in [2.75, 3.05) is 7.05 Å². The molecule has 0 fully saturated rings. The normalized spacial score (nSPS) is 12.7. The SMILES string of the molecule is CN=C(NCc1c(C)nn(C)c1C)NC(C)c1cc2ccccc2o1.I. The van der Waals surface area contributed by atoms with E-state index in [1.54, 1.807) is 7.05 Å². The van der Waals surface area contributed by atoms with Crippen molar-refractivity contribution < 1.29 is 4.42 Å². The lowest BCUT2D eigenvalue weighted by molar-refractivity contribution is 0.488. The first kappa shape index (κ1) is 20.3. The monoisotopic (exact) mass is 467 g/mol. The molecular formula is C19H26IN5O. The van der Waals surface area contributed by atoms with Crippen molar-refractivity contribution in [3.8, 4) is 0 Å². The number of rotatable bonds is 4. The molecule has 0 aliphatic rings. The van der Waals surface area contributed by atoms with E-state index in [9.17, 15) is 0 Å². The Morgan fingerprint density at radius 3 is 2.65 bits per heavy atom. The average Bonchev–Trinajstić information content (AvgIpc) is 3.13. The summed E-state index contributed by atoms with van der Waals surface area (Å²) in [6.45, 7) is 6.84. The molecule has 0 saturated heterocycles. The number of benzene rings is 1. The number of aromatic nitrogens is 2.